The van der Waals surface area contributed by atoms with Gasteiger partial charge in [0, 0.05) is 12.1 Å². The molecule has 0 aromatic carbocycles. The van der Waals surface area contributed by atoms with E-state index in [1.165, 1.54) is 0 Å². The smallest absolute Gasteiger partial charge is 0.410 e. The number of carbonyl (C=O) groups is 1. The van der Waals surface area contributed by atoms with Gasteiger partial charge in [-0.1, -0.05) is 13.8 Å². The Bertz CT molecular complexity index is 281. The zero-order valence-corrected chi connectivity index (χ0v) is 13.0. The molecule has 0 saturated carbocycles. The van der Waals surface area contributed by atoms with Crippen LogP contribution in [-0.4, -0.2) is 28.7 Å². The van der Waals surface area contributed by atoms with Crippen molar-refractivity contribution >= 4 is 6.09 Å². The van der Waals surface area contributed by atoms with E-state index in [1.54, 1.807) is 0 Å². The minimum Gasteiger partial charge on any atom is -0.444 e. The molecule has 0 aromatic heterocycles. The fraction of sp³-hybridized carbons (Fsp3) is 0.933. The van der Waals surface area contributed by atoms with Crippen LogP contribution in [0.3, 0.4) is 0 Å². The average Bonchev–Trinajstić information content (AvgIpc) is 2.12. The average molecular weight is 255 g/mol. The minimum atomic E-state index is -0.411. The molecule has 0 aliphatic carbocycles. The van der Waals surface area contributed by atoms with Crippen molar-refractivity contribution in [1.29, 1.82) is 0 Å². The molecule has 1 rings (SSSR count). The van der Waals surface area contributed by atoms with E-state index >= 15 is 0 Å². The van der Waals surface area contributed by atoms with Crippen LogP contribution in [0.1, 0.15) is 61.3 Å². The van der Waals surface area contributed by atoms with E-state index in [4.69, 9.17) is 4.74 Å². The Morgan fingerprint density at radius 3 is 1.94 bits per heavy atom. The van der Waals surface area contributed by atoms with Gasteiger partial charge in [-0.05, 0) is 59.3 Å². The number of hydrogen-bond acceptors (Lipinski definition) is 2. The monoisotopic (exact) mass is 255 g/mol. The van der Waals surface area contributed by atoms with Gasteiger partial charge in [-0.25, -0.2) is 4.79 Å². The first-order valence-corrected chi connectivity index (χ1v) is 7.13. The number of carbonyl (C=O) groups excluding carboxylic acids is 1. The topological polar surface area (TPSA) is 29.5 Å². The van der Waals surface area contributed by atoms with E-state index in [1.807, 2.05) is 25.7 Å². The van der Waals surface area contributed by atoms with Gasteiger partial charge >= 0.3 is 6.09 Å². The first-order chi connectivity index (χ1) is 8.11. The van der Waals surface area contributed by atoms with Crippen molar-refractivity contribution in [3.8, 4) is 0 Å². The van der Waals surface area contributed by atoms with Gasteiger partial charge in [-0.2, -0.15) is 0 Å². The third-order valence-corrected chi connectivity index (χ3v) is 3.78. The number of ether oxygens (including phenoxy) is 1. The molecule has 18 heavy (non-hydrogen) atoms. The molecule has 0 bridgehead atoms. The number of amides is 1. The second kappa shape index (κ2) is 5.50. The highest BCUT2D eigenvalue weighted by Gasteiger charge is 2.37. The molecule has 2 unspecified atom stereocenters. The fourth-order valence-corrected chi connectivity index (χ4v) is 2.85. The van der Waals surface area contributed by atoms with Crippen molar-refractivity contribution in [1.82, 2.24) is 4.90 Å². The Kier molecular flexibility index (Phi) is 4.68. The number of nitrogens with zero attached hydrogens (tertiary/aromatic N) is 1. The molecule has 1 saturated heterocycles. The second-order valence-corrected chi connectivity index (χ2v) is 7.06. The molecule has 0 N–H and O–H groups in total. The molecule has 0 aromatic rings. The molecule has 3 heteroatoms. The van der Waals surface area contributed by atoms with Crippen molar-refractivity contribution in [2.24, 2.45) is 11.8 Å². The Balaban J connectivity index is 2.70. The van der Waals surface area contributed by atoms with E-state index in [2.05, 4.69) is 27.7 Å². The summed E-state index contributed by atoms with van der Waals surface area (Å²) in [6.45, 7) is 14.6. The van der Waals surface area contributed by atoms with Crippen molar-refractivity contribution in [2.45, 2.75) is 79.0 Å². The summed E-state index contributed by atoms with van der Waals surface area (Å²) in [5.74, 6) is 1.41. The van der Waals surface area contributed by atoms with Gasteiger partial charge in [0.1, 0.15) is 5.60 Å². The Hall–Kier alpha value is -0.730. The maximum atomic E-state index is 12.2. The molecule has 1 heterocycles. The summed E-state index contributed by atoms with van der Waals surface area (Å²) in [6.07, 6.45) is 2.01. The fourth-order valence-electron chi connectivity index (χ4n) is 2.85. The third kappa shape index (κ3) is 3.89. The summed E-state index contributed by atoms with van der Waals surface area (Å²) >= 11 is 0. The number of piperidine rings is 1. The van der Waals surface area contributed by atoms with Crippen molar-refractivity contribution in [3.63, 3.8) is 0 Å². The lowest BCUT2D eigenvalue weighted by molar-refractivity contribution is -0.0109. The van der Waals surface area contributed by atoms with Crippen LogP contribution in [0.25, 0.3) is 0 Å². The summed E-state index contributed by atoms with van der Waals surface area (Å²) in [6, 6.07) is 0.548. The van der Waals surface area contributed by atoms with E-state index in [9.17, 15) is 4.79 Å². The van der Waals surface area contributed by atoms with Crippen molar-refractivity contribution in [3.05, 3.63) is 0 Å². The van der Waals surface area contributed by atoms with Gasteiger partial charge in [-0.3, -0.25) is 0 Å². The van der Waals surface area contributed by atoms with Crippen LogP contribution in [0.15, 0.2) is 0 Å². The van der Waals surface area contributed by atoms with Crippen LogP contribution in [0.4, 0.5) is 4.79 Å². The molecule has 3 nitrogen and oxygen atoms in total. The molecular formula is C15H29NO2. The maximum Gasteiger partial charge on any atom is 0.410 e. The lowest BCUT2D eigenvalue weighted by Crippen LogP contribution is -2.52. The van der Waals surface area contributed by atoms with Crippen LogP contribution in [-0.2, 0) is 4.74 Å². The Morgan fingerprint density at radius 1 is 1.17 bits per heavy atom. The van der Waals surface area contributed by atoms with Crippen LogP contribution < -0.4 is 0 Å². The van der Waals surface area contributed by atoms with Crippen molar-refractivity contribution in [2.75, 3.05) is 0 Å². The van der Waals surface area contributed by atoms with Gasteiger partial charge in [0.25, 0.3) is 0 Å². The molecule has 0 radical (unpaired) electrons. The first kappa shape index (κ1) is 15.3. The van der Waals surface area contributed by atoms with Crippen molar-refractivity contribution < 1.29 is 9.53 Å². The molecule has 2 atom stereocenters. The molecule has 1 aliphatic rings. The second-order valence-electron chi connectivity index (χ2n) is 7.06. The van der Waals surface area contributed by atoms with Crippen LogP contribution >= 0.6 is 0 Å². The number of rotatable bonds is 1. The molecular weight excluding hydrogens is 226 g/mol. The SMILES string of the molecule is CC(C)C1CC(C)N(C(=O)OC(C)(C)C)C(C)C1. The maximum absolute atomic E-state index is 12.2. The van der Waals surface area contributed by atoms with Gasteiger partial charge in [0.05, 0.1) is 0 Å². The van der Waals surface area contributed by atoms with Crippen LogP contribution in [0.2, 0.25) is 0 Å². The zero-order chi connectivity index (χ0) is 14.1. The lowest BCUT2D eigenvalue weighted by Gasteiger charge is -2.44. The molecule has 1 amide bonds. The van der Waals surface area contributed by atoms with Gasteiger partial charge < -0.3 is 9.64 Å². The predicted octanol–water partition coefficient (Wildman–Crippen LogP) is 4.07. The zero-order valence-electron chi connectivity index (χ0n) is 13.0. The summed E-state index contributed by atoms with van der Waals surface area (Å²) in [5, 5.41) is 0. The third-order valence-electron chi connectivity index (χ3n) is 3.78. The molecule has 0 spiro atoms. The molecule has 1 fully saturated rings. The highest BCUT2D eigenvalue weighted by molar-refractivity contribution is 5.69. The summed E-state index contributed by atoms with van der Waals surface area (Å²) < 4.78 is 5.50. The Morgan fingerprint density at radius 2 is 1.61 bits per heavy atom. The van der Waals surface area contributed by atoms with Crippen LogP contribution in [0, 0.1) is 11.8 Å². The predicted molar refractivity (Wildman–Crippen MR) is 74.6 cm³/mol. The van der Waals surface area contributed by atoms with Gasteiger partial charge in [-0.15, -0.1) is 0 Å². The first-order valence-electron chi connectivity index (χ1n) is 7.13. The lowest BCUT2D eigenvalue weighted by atomic mass is 9.80. The molecule has 1 aliphatic heterocycles. The normalized spacial score (nSPS) is 29.6. The summed E-state index contributed by atoms with van der Waals surface area (Å²) in [5.41, 5.74) is -0.411. The van der Waals surface area contributed by atoms with Gasteiger partial charge in [0.2, 0.25) is 0 Å². The summed E-state index contributed by atoms with van der Waals surface area (Å²) in [7, 11) is 0. The van der Waals surface area contributed by atoms with E-state index < -0.39 is 5.60 Å². The Labute approximate surface area is 112 Å². The van der Waals surface area contributed by atoms with Crippen LogP contribution in [0.5, 0.6) is 0 Å². The number of likely N-dealkylation sites (tertiary alicyclic amines) is 1. The van der Waals surface area contributed by atoms with E-state index in [0.29, 0.717) is 11.8 Å². The summed E-state index contributed by atoms with van der Waals surface area (Å²) in [4.78, 5) is 14.1. The van der Waals surface area contributed by atoms with E-state index in [0.717, 1.165) is 12.8 Å². The quantitative estimate of drug-likeness (QED) is 0.707. The minimum absolute atomic E-state index is 0.162. The van der Waals surface area contributed by atoms with Gasteiger partial charge in [0.15, 0.2) is 0 Å². The standard InChI is InChI=1S/C15H29NO2/c1-10(2)13-8-11(3)16(12(4)9-13)14(17)18-15(5,6)7/h10-13H,8-9H2,1-7H3. The number of hydrogen-bond donors (Lipinski definition) is 0. The largest absolute Gasteiger partial charge is 0.444 e. The highest BCUT2D eigenvalue weighted by atomic mass is 16.6. The van der Waals surface area contributed by atoms with E-state index in [-0.39, 0.29) is 18.2 Å². The molecule has 106 valence electrons. The highest BCUT2D eigenvalue weighted by Crippen LogP contribution is 2.33.